The van der Waals surface area contributed by atoms with Gasteiger partial charge in [0.15, 0.2) is 0 Å². The van der Waals surface area contributed by atoms with Crippen molar-refractivity contribution in [1.82, 2.24) is 10.6 Å². The molecule has 0 radical (unpaired) electrons. The molecule has 0 aliphatic heterocycles. The van der Waals surface area contributed by atoms with E-state index in [1.54, 1.807) is 0 Å². The molecule has 80 valence electrons. The summed E-state index contributed by atoms with van der Waals surface area (Å²) >= 11 is 0. The van der Waals surface area contributed by atoms with Crippen LogP contribution >= 0.6 is 0 Å². The minimum Gasteiger partial charge on any atom is -0.358 e. The molecule has 0 spiro atoms. The lowest BCUT2D eigenvalue weighted by atomic mass is 9.77. The first kappa shape index (κ1) is 11.0. The zero-order valence-electron chi connectivity index (χ0n) is 8.58. The van der Waals surface area contributed by atoms with Crippen LogP contribution in [0.1, 0.15) is 32.6 Å². The number of carbonyl (C=O) groups is 2. The van der Waals surface area contributed by atoms with E-state index in [2.05, 4.69) is 17.6 Å². The highest BCUT2D eigenvalue weighted by Gasteiger charge is 2.31. The third kappa shape index (κ3) is 3.01. The van der Waals surface area contributed by atoms with Crippen LogP contribution in [0, 0.1) is 5.92 Å². The number of nitrogens with one attached hydrogen (secondary N) is 2. The first-order valence-electron chi connectivity index (χ1n) is 5.08. The highest BCUT2D eigenvalue weighted by atomic mass is 16.1. The Kier molecular flexibility index (Phi) is 3.92. The number of carbonyl (C=O) groups excluding carboxylic acids is 2. The van der Waals surface area contributed by atoms with Crippen molar-refractivity contribution in [2.75, 3.05) is 6.54 Å². The molecule has 0 saturated heterocycles. The van der Waals surface area contributed by atoms with E-state index >= 15 is 0 Å². The van der Waals surface area contributed by atoms with Crippen molar-refractivity contribution < 1.29 is 9.59 Å². The largest absolute Gasteiger partial charge is 0.358 e. The van der Waals surface area contributed by atoms with Gasteiger partial charge in [-0.25, -0.2) is 0 Å². The summed E-state index contributed by atoms with van der Waals surface area (Å²) in [5.74, 6) is 0.492. The third-order valence-electron chi connectivity index (χ3n) is 2.98. The van der Waals surface area contributed by atoms with Crippen LogP contribution in [0.2, 0.25) is 0 Å². The molecule has 1 fully saturated rings. The van der Waals surface area contributed by atoms with E-state index in [1.165, 1.54) is 0 Å². The number of rotatable bonds is 5. The number of hydrogen-bond acceptors (Lipinski definition) is 2. The zero-order chi connectivity index (χ0) is 10.4. The molecule has 0 aromatic rings. The van der Waals surface area contributed by atoms with Gasteiger partial charge in [-0.05, 0) is 32.1 Å². The van der Waals surface area contributed by atoms with Gasteiger partial charge in [-0.2, -0.15) is 0 Å². The highest BCUT2D eigenvalue weighted by Crippen LogP contribution is 2.31. The molecule has 2 N–H and O–H groups in total. The van der Waals surface area contributed by atoms with Gasteiger partial charge in [0.25, 0.3) is 0 Å². The molecular weight excluding hydrogens is 180 g/mol. The third-order valence-corrected chi connectivity index (χ3v) is 2.98. The molecule has 2 amide bonds. The maximum absolute atomic E-state index is 10.4. The SMILES string of the molecule is CC1(NC=O)CCCC(CNC=O)C1. The second-order valence-electron chi connectivity index (χ2n) is 4.31. The monoisotopic (exact) mass is 198 g/mol. The molecular formula is C10H18N2O2. The van der Waals surface area contributed by atoms with E-state index in [9.17, 15) is 9.59 Å². The van der Waals surface area contributed by atoms with Gasteiger partial charge < -0.3 is 10.6 Å². The Morgan fingerprint density at radius 2 is 2.21 bits per heavy atom. The van der Waals surface area contributed by atoms with Crippen LogP contribution in [0.25, 0.3) is 0 Å². The fourth-order valence-corrected chi connectivity index (χ4v) is 2.28. The number of amides is 2. The zero-order valence-corrected chi connectivity index (χ0v) is 8.58. The second kappa shape index (κ2) is 4.98. The topological polar surface area (TPSA) is 58.2 Å². The molecule has 1 aliphatic carbocycles. The Balaban J connectivity index is 2.41. The molecule has 14 heavy (non-hydrogen) atoms. The van der Waals surface area contributed by atoms with Crippen LogP contribution in [0.3, 0.4) is 0 Å². The van der Waals surface area contributed by atoms with Crippen molar-refractivity contribution in [1.29, 1.82) is 0 Å². The molecule has 1 rings (SSSR count). The summed E-state index contributed by atoms with van der Waals surface area (Å²) in [6, 6.07) is 0. The van der Waals surface area contributed by atoms with Gasteiger partial charge in [0.1, 0.15) is 0 Å². The quantitative estimate of drug-likeness (QED) is 0.629. The van der Waals surface area contributed by atoms with Crippen molar-refractivity contribution in [3.8, 4) is 0 Å². The Labute approximate surface area is 84.4 Å². The predicted molar refractivity (Wildman–Crippen MR) is 53.6 cm³/mol. The van der Waals surface area contributed by atoms with Gasteiger partial charge in [-0.15, -0.1) is 0 Å². The van der Waals surface area contributed by atoms with Gasteiger partial charge in [0.05, 0.1) is 0 Å². The van der Waals surface area contributed by atoms with Gasteiger partial charge in [0.2, 0.25) is 12.8 Å². The minimum atomic E-state index is -0.0742. The Morgan fingerprint density at radius 1 is 1.43 bits per heavy atom. The van der Waals surface area contributed by atoms with E-state index in [-0.39, 0.29) is 5.54 Å². The standard InChI is InChI=1S/C10H18N2O2/c1-10(12-8-14)4-2-3-9(5-10)6-11-7-13/h7-9H,2-6H2,1H3,(H,11,13)(H,12,14). The smallest absolute Gasteiger partial charge is 0.207 e. The fourth-order valence-electron chi connectivity index (χ4n) is 2.28. The number of hydrogen-bond donors (Lipinski definition) is 2. The summed E-state index contributed by atoms with van der Waals surface area (Å²) in [4.78, 5) is 20.6. The maximum atomic E-state index is 10.4. The average Bonchev–Trinajstić information content (AvgIpc) is 2.15. The summed E-state index contributed by atoms with van der Waals surface area (Å²) in [7, 11) is 0. The molecule has 4 nitrogen and oxygen atoms in total. The van der Waals surface area contributed by atoms with E-state index in [0.29, 0.717) is 5.92 Å². The van der Waals surface area contributed by atoms with Crippen LogP contribution < -0.4 is 10.6 Å². The minimum absolute atomic E-state index is 0.0742. The highest BCUT2D eigenvalue weighted by molar-refractivity contribution is 5.48. The molecule has 0 aromatic carbocycles. The van der Waals surface area contributed by atoms with E-state index in [0.717, 1.165) is 45.0 Å². The first-order chi connectivity index (χ1) is 6.70. The maximum Gasteiger partial charge on any atom is 0.207 e. The lowest BCUT2D eigenvalue weighted by molar-refractivity contribution is -0.112. The summed E-state index contributed by atoms with van der Waals surface area (Å²) in [6.07, 6.45) is 5.74. The molecule has 4 heteroatoms. The van der Waals surface area contributed by atoms with Crippen LogP contribution in [-0.2, 0) is 9.59 Å². The van der Waals surface area contributed by atoms with E-state index < -0.39 is 0 Å². The first-order valence-corrected chi connectivity index (χ1v) is 5.08. The van der Waals surface area contributed by atoms with Crippen molar-refractivity contribution in [3.05, 3.63) is 0 Å². The lowest BCUT2D eigenvalue weighted by Crippen LogP contribution is -2.46. The van der Waals surface area contributed by atoms with Crippen LogP contribution in [-0.4, -0.2) is 24.9 Å². The second-order valence-corrected chi connectivity index (χ2v) is 4.31. The van der Waals surface area contributed by atoms with Crippen molar-refractivity contribution in [2.45, 2.75) is 38.1 Å². The van der Waals surface area contributed by atoms with Crippen LogP contribution in [0.15, 0.2) is 0 Å². The predicted octanol–water partition coefficient (Wildman–Crippen LogP) is 0.427. The molecule has 0 aromatic heterocycles. The molecule has 2 unspecified atom stereocenters. The lowest BCUT2D eigenvalue weighted by Gasteiger charge is -2.37. The van der Waals surface area contributed by atoms with E-state index in [4.69, 9.17) is 0 Å². The van der Waals surface area contributed by atoms with Gasteiger partial charge in [-0.3, -0.25) is 9.59 Å². The van der Waals surface area contributed by atoms with Crippen LogP contribution in [0.5, 0.6) is 0 Å². The Bertz CT molecular complexity index is 208. The van der Waals surface area contributed by atoms with Gasteiger partial charge in [-0.1, -0.05) is 6.42 Å². The van der Waals surface area contributed by atoms with E-state index in [1.807, 2.05) is 0 Å². The van der Waals surface area contributed by atoms with Crippen molar-refractivity contribution in [3.63, 3.8) is 0 Å². The fraction of sp³-hybridized carbons (Fsp3) is 0.800. The normalized spacial score (nSPS) is 31.9. The van der Waals surface area contributed by atoms with Crippen molar-refractivity contribution in [2.24, 2.45) is 5.92 Å². The summed E-state index contributed by atoms with van der Waals surface area (Å²) in [5.41, 5.74) is -0.0742. The summed E-state index contributed by atoms with van der Waals surface area (Å²) in [6.45, 7) is 2.79. The molecule has 0 heterocycles. The molecule has 1 saturated carbocycles. The van der Waals surface area contributed by atoms with Gasteiger partial charge >= 0.3 is 0 Å². The summed E-state index contributed by atoms with van der Waals surface area (Å²) in [5, 5.41) is 5.57. The molecule has 2 atom stereocenters. The molecule has 1 aliphatic rings. The summed E-state index contributed by atoms with van der Waals surface area (Å²) < 4.78 is 0. The van der Waals surface area contributed by atoms with Crippen molar-refractivity contribution >= 4 is 12.8 Å². The average molecular weight is 198 g/mol. The molecule has 0 bridgehead atoms. The van der Waals surface area contributed by atoms with Crippen LogP contribution in [0.4, 0.5) is 0 Å². The Hall–Kier alpha value is -1.06. The van der Waals surface area contributed by atoms with Gasteiger partial charge in [0, 0.05) is 12.1 Å². The Morgan fingerprint density at radius 3 is 2.86 bits per heavy atom.